The largest absolute Gasteiger partial charge is 0.308 e. The molecule has 0 aliphatic rings. The molecule has 0 N–H and O–H groups in total. The quantitative estimate of drug-likeness (QED) is 0.716. The minimum absolute atomic E-state index is 0.0949. The van der Waals surface area contributed by atoms with Gasteiger partial charge in [0.1, 0.15) is 0 Å². The number of hydrogen-bond acceptors (Lipinski definition) is 3. The molecule has 2 heterocycles. The van der Waals surface area contributed by atoms with E-state index < -0.39 is 0 Å². The normalized spacial score (nSPS) is 10.4. The fourth-order valence-corrected chi connectivity index (χ4v) is 2.96. The highest BCUT2D eigenvalue weighted by atomic mass is 32.1. The van der Waals surface area contributed by atoms with Gasteiger partial charge in [-0.25, -0.2) is 0 Å². The molecule has 1 amide bonds. The minimum Gasteiger partial charge on any atom is -0.308 e. The number of pyridine rings is 1. The first kappa shape index (κ1) is 14.5. The standard InChI is InChI=1S/C18H16N2OS/c21-18(12-17-9-5-11-22-17)20(16-7-2-1-3-8-16)14-15-6-4-10-19-13-15/h1-11,13H,12,14H2. The van der Waals surface area contributed by atoms with Crippen LogP contribution in [0.25, 0.3) is 0 Å². The molecule has 4 heteroatoms. The molecule has 0 saturated carbocycles. The Morgan fingerprint density at radius 2 is 1.91 bits per heavy atom. The maximum absolute atomic E-state index is 12.7. The van der Waals surface area contributed by atoms with E-state index in [1.54, 1.807) is 23.7 Å². The summed E-state index contributed by atoms with van der Waals surface area (Å²) in [6.07, 6.45) is 3.96. The summed E-state index contributed by atoms with van der Waals surface area (Å²) in [4.78, 5) is 19.8. The lowest BCUT2D eigenvalue weighted by Crippen LogP contribution is -2.31. The number of para-hydroxylation sites is 1. The van der Waals surface area contributed by atoms with Gasteiger partial charge >= 0.3 is 0 Å². The van der Waals surface area contributed by atoms with Crippen LogP contribution in [0.4, 0.5) is 5.69 Å². The molecule has 0 unspecified atom stereocenters. The Kier molecular flexibility index (Phi) is 4.61. The maximum Gasteiger partial charge on any atom is 0.232 e. The predicted octanol–water partition coefficient (Wildman–Crippen LogP) is 3.92. The van der Waals surface area contributed by atoms with Crippen molar-refractivity contribution in [2.24, 2.45) is 0 Å². The second-order valence-corrected chi connectivity index (χ2v) is 5.97. The molecule has 110 valence electrons. The molecule has 3 nitrogen and oxygen atoms in total. The molecule has 0 spiro atoms. The number of carbonyl (C=O) groups is 1. The summed E-state index contributed by atoms with van der Waals surface area (Å²) in [6, 6.07) is 17.6. The van der Waals surface area contributed by atoms with Crippen LogP contribution in [-0.4, -0.2) is 10.9 Å². The van der Waals surface area contributed by atoms with Crippen molar-refractivity contribution in [3.05, 3.63) is 82.8 Å². The van der Waals surface area contributed by atoms with Gasteiger partial charge in [-0.15, -0.1) is 11.3 Å². The highest BCUT2D eigenvalue weighted by molar-refractivity contribution is 7.10. The van der Waals surface area contributed by atoms with Gasteiger partial charge in [0.15, 0.2) is 0 Å². The lowest BCUT2D eigenvalue weighted by atomic mass is 10.2. The Morgan fingerprint density at radius 1 is 1.05 bits per heavy atom. The minimum atomic E-state index is 0.0949. The molecule has 0 radical (unpaired) electrons. The number of anilines is 1. The number of amides is 1. The monoisotopic (exact) mass is 308 g/mol. The molecule has 3 rings (SSSR count). The summed E-state index contributed by atoms with van der Waals surface area (Å²) in [5.41, 5.74) is 1.93. The van der Waals surface area contributed by atoms with E-state index in [2.05, 4.69) is 4.98 Å². The first-order valence-electron chi connectivity index (χ1n) is 7.09. The van der Waals surface area contributed by atoms with Crippen molar-refractivity contribution < 1.29 is 4.79 Å². The molecule has 0 aliphatic carbocycles. The average Bonchev–Trinajstić information content (AvgIpc) is 3.07. The van der Waals surface area contributed by atoms with Crippen molar-refractivity contribution >= 4 is 22.9 Å². The zero-order valence-corrected chi connectivity index (χ0v) is 12.9. The smallest absolute Gasteiger partial charge is 0.232 e. The van der Waals surface area contributed by atoms with Gasteiger partial charge in [0.2, 0.25) is 5.91 Å². The third kappa shape index (κ3) is 3.59. The van der Waals surface area contributed by atoms with E-state index >= 15 is 0 Å². The van der Waals surface area contributed by atoms with Gasteiger partial charge in [0.25, 0.3) is 0 Å². The van der Waals surface area contributed by atoms with Crippen LogP contribution < -0.4 is 4.90 Å². The number of aromatic nitrogens is 1. The van der Waals surface area contributed by atoms with Crippen molar-refractivity contribution in [2.45, 2.75) is 13.0 Å². The van der Waals surface area contributed by atoms with E-state index in [-0.39, 0.29) is 5.91 Å². The van der Waals surface area contributed by atoms with Crippen LogP contribution >= 0.6 is 11.3 Å². The zero-order chi connectivity index (χ0) is 15.2. The molecule has 0 atom stereocenters. The van der Waals surface area contributed by atoms with E-state index in [9.17, 15) is 4.79 Å². The Balaban J connectivity index is 1.84. The number of thiophene rings is 1. The Morgan fingerprint density at radius 3 is 2.59 bits per heavy atom. The van der Waals surface area contributed by atoms with E-state index in [4.69, 9.17) is 0 Å². The van der Waals surface area contributed by atoms with Gasteiger partial charge in [-0.3, -0.25) is 9.78 Å². The third-order valence-electron chi connectivity index (χ3n) is 3.34. The third-order valence-corrected chi connectivity index (χ3v) is 4.21. The summed E-state index contributed by atoms with van der Waals surface area (Å²) in [5, 5.41) is 2.00. The summed E-state index contributed by atoms with van der Waals surface area (Å²) in [6.45, 7) is 0.530. The molecule has 0 saturated heterocycles. The molecular formula is C18H16N2OS. The Bertz CT molecular complexity index is 711. The number of carbonyl (C=O) groups excluding carboxylic acids is 1. The molecule has 0 fully saturated rings. The van der Waals surface area contributed by atoms with E-state index in [1.807, 2.05) is 64.9 Å². The molecule has 2 aromatic heterocycles. The molecule has 0 bridgehead atoms. The van der Waals surface area contributed by atoms with Crippen LogP contribution in [0.5, 0.6) is 0 Å². The van der Waals surface area contributed by atoms with Crippen LogP contribution in [0.1, 0.15) is 10.4 Å². The summed E-state index contributed by atoms with van der Waals surface area (Å²) >= 11 is 1.61. The predicted molar refractivity (Wildman–Crippen MR) is 89.9 cm³/mol. The maximum atomic E-state index is 12.7. The first-order chi connectivity index (χ1) is 10.8. The fourth-order valence-electron chi connectivity index (χ4n) is 2.26. The van der Waals surface area contributed by atoms with Crippen LogP contribution in [0.2, 0.25) is 0 Å². The SMILES string of the molecule is O=C(Cc1cccs1)N(Cc1cccnc1)c1ccccc1. The first-order valence-corrected chi connectivity index (χ1v) is 7.97. The highest BCUT2D eigenvalue weighted by Crippen LogP contribution is 2.19. The fraction of sp³-hybridized carbons (Fsp3) is 0.111. The van der Waals surface area contributed by atoms with E-state index in [0.717, 1.165) is 16.1 Å². The molecule has 3 aromatic rings. The summed E-state index contributed by atoms with van der Waals surface area (Å²) in [7, 11) is 0. The van der Waals surface area contributed by atoms with Gasteiger partial charge in [0, 0.05) is 23.0 Å². The topological polar surface area (TPSA) is 33.2 Å². The van der Waals surface area contributed by atoms with Crippen LogP contribution in [0.3, 0.4) is 0 Å². The average molecular weight is 308 g/mol. The lowest BCUT2D eigenvalue weighted by Gasteiger charge is -2.22. The van der Waals surface area contributed by atoms with Gasteiger partial charge < -0.3 is 4.90 Å². The molecule has 1 aromatic carbocycles. The van der Waals surface area contributed by atoms with Gasteiger partial charge in [0.05, 0.1) is 13.0 Å². The van der Waals surface area contributed by atoms with E-state index in [0.29, 0.717) is 13.0 Å². The Hall–Kier alpha value is -2.46. The van der Waals surface area contributed by atoms with E-state index in [1.165, 1.54) is 0 Å². The molecular weight excluding hydrogens is 292 g/mol. The van der Waals surface area contributed by atoms with Crippen molar-refractivity contribution in [1.29, 1.82) is 0 Å². The molecule has 22 heavy (non-hydrogen) atoms. The van der Waals surface area contributed by atoms with Crippen molar-refractivity contribution in [3.63, 3.8) is 0 Å². The number of rotatable bonds is 5. The van der Waals surface area contributed by atoms with Gasteiger partial charge in [-0.05, 0) is 35.2 Å². The van der Waals surface area contributed by atoms with Crippen molar-refractivity contribution in [3.8, 4) is 0 Å². The van der Waals surface area contributed by atoms with Crippen molar-refractivity contribution in [2.75, 3.05) is 4.90 Å². The van der Waals surface area contributed by atoms with Crippen molar-refractivity contribution in [1.82, 2.24) is 4.98 Å². The number of nitrogens with zero attached hydrogens (tertiary/aromatic N) is 2. The van der Waals surface area contributed by atoms with Crippen LogP contribution in [-0.2, 0) is 17.8 Å². The molecule has 0 aliphatic heterocycles. The highest BCUT2D eigenvalue weighted by Gasteiger charge is 2.17. The number of hydrogen-bond donors (Lipinski definition) is 0. The van der Waals surface area contributed by atoms with Gasteiger partial charge in [-0.1, -0.05) is 30.3 Å². The second-order valence-electron chi connectivity index (χ2n) is 4.93. The van der Waals surface area contributed by atoms with Gasteiger partial charge in [-0.2, -0.15) is 0 Å². The number of benzene rings is 1. The Labute approximate surface area is 133 Å². The second kappa shape index (κ2) is 7.00. The lowest BCUT2D eigenvalue weighted by molar-refractivity contribution is -0.118. The van der Waals surface area contributed by atoms with Crippen LogP contribution in [0, 0.1) is 0 Å². The summed E-state index contributed by atoms with van der Waals surface area (Å²) < 4.78 is 0. The summed E-state index contributed by atoms with van der Waals surface area (Å²) in [5.74, 6) is 0.0949. The van der Waals surface area contributed by atoms with Crippen LogP contribution in [0.15, 0.2) is 72.4 Å². The zero-order valence-electron chi connectivity index (χ0n) is 12.1.